The van der Waals surface area contributed by atoms with Crippen LogP contribution < -0.4 is 10.9 Å². The maximum atomic E-state index is 3.23. The summed E-state index contributed by atoms with van der Waals surface area (Å²) in [7, 11) is 0. The Morgan fingerprint density at radius 1 is 1.00 bits per heavy atom. The Kier molecular flexibility index (Phi) is 2.90. The number of hydrogen-bond donors (Lipinski definition) is 2. The van der Waals surface area contributed by atoms with Crippen LogP contribution in [0.4, 0.5) is 0 Å². The standard InChI is InChI=1S/C8H16N2/c1-3-7-5-6-8(4-2)10-9-7/h5-10H,3-4H2,1-2H3. The van der Waals surface area contributed by atoms with Crippen LogP contribution in [-0.2, 0) is 0 Å². The van der Waals surface area contributed by atoms with Crippen molar-refractivity contribution in [3.05, 3.63) is 12.2 Å². The van der Waals surface area contributed by atoms with Crippen LogP contribution in [-0.4, -0.2) is 12.1 Å². The van der Waals surface area contributed by atoms with E-state index >= 15 is 0 Å². The second-order valence-electron chi connectivity index (χ2n) is 2.70. The summed E-state index contributed by atoms with van der Waals surface area (Å²) in [6.07, 6.45) is 6.79. The van der Waals surface area contributed by atoms with Crippen molar-refractivity contribution >= 4 is 0 Å². The van der Waals surface area contributed by atoms with Crippen LogP contribution in [0.1, 0.15) is 26.7 Å². The Morgan fingerprint density at radius 2 is 1.40 bits per heavy atom. The van der Waals surface area contributed by atoms with Crippen LogP contribution in [0.15, 0.2) is 12.2 Å². The van der Waals surface area contributed by atoms with Crippen molar-refractivity contribution in [2.75, 3.05) is 0 Å². The minimum absolute atomic E-state index is 0.530. The van der Waals surface area contributed by atoms with Gasteiger partial charge in [-0.2, -0.15) is 0 Å². The van der Waals surface area contributed by atoms with E-state index in [1.165, 1.54) is 0 Å². The number of hydrogen-bond acceptors (Lipinski definition) is 2. The van der Waals surface area contributed by atoms with Gasteiger partial charge in [-0.15, -0.1) is 0 Å². The molecular formula is C8H16N2. The summed E-state index contributed by atoms with van der Waals surface area (Å²) < 4.78 is 0. The van der Waals surface area contributed by atoms with Gasteiger partial charge in [0.05, 0.1) is 0 Å². The van der Waals surface area contributed by atoms with E-state index in [2.05, 4.69) is 36.9 Å². The summed E-state index contributed by atoms with van der Waals surface area (Å²) >= 11 is 0. The van der Waals surface area contributed by atoms with Gasteiger partial charge in [0.15, 0.2) is 0 Å². The lowest BCUT2D eigenvalue weighted by Crippen LogP contribution is -2.48. The Bertz CT molecular complexity index is 106. The van der Waals surface area contributed by atoms with Gasteiger partial charge in [-0.05, 0) is 12.8 Å². The molecule has 0 aromatic heterocycles. The van der Waals surface area contributed by atoms with Crippen molar-refractivity contribution in [3.8, 4) is 0 Å². The summed E-state index contributed by atoms with van der Waals surface area (Å²) in [6.45, 7) is 4.35. The van der Waals surface area contributed by atoms with Crippen LogP contribution in [0.2, 0.25) is 0 Å². The molecule has 0 saturated heterocycles. The quantitative estimate of drug-likeness (QED) is 0.563. The molecular weight excluding hydrogens is 124 g/mol. The van der Waals surface area contributed by atoms with Crippen molar-refractivity contribution in [3.63, 3.8) is 0 Å². The van der Waals surface area contributed by atoms with E-state index in [0.717, 1.165) is 12.8 Å². The van der Waals surface area contributed by atoms with Crippen molar-refractivity contribution in [2.45, 2.75) is 38.8 Å². The Morgan fingerprint density at radius 3 is 1.60 bits per heavy atom. The fraction of sp³-hybridized carbons (Fsp3) is 0.750. The molecule has 0 spiro atoms. The molecule has 2 nitrogen and oxygen atoms in total. The molecule has 0 amide bonds. The maximum Gasteiger partial charge on any atom is 0.0391 e. The SMILES string of the molecule is CCC1C=CC(CC)NN1. The first-order chi connectivity index (χ1) is 4.86. The molecule has 0 bridgehead atoms. The zero-order chi connectivity index (χ0) is 7.40. The third-order valence-corrected chi connectivity index (χ3v) is 1.91. The van der Waals surface area contributed by atoms with E-state index in [-0.39, 0.29) is 0 Å². The fourth-order valence-corrected chi connectivity index (χ4v) is 1.05. The molecule has 2 heteroatoms. The van der Waals surface area contributed by atoms with Crippen LogP contribution >= 0.6 is 0 Å². The van der Waals surface area contributed by atoms with Gasteiger partial charge in [-0.25, -0.2) is 0 Å². The first-order valence-electron chi connectivity index (χ1n) is 4.06. The van der Waals surface area contributed by atoms with Crippen molar-refractivity contribution in [2.24, 2.45) is 0 Å². The molecule has 0 aliphatic carbocycles. The third kappa shape index (κ3) is 1.82. The molecule has 2 N–H and O–H groups in total. The largest absolute Gasteiger partial charge is 0.250 e. The first-order valence-corrected chi connectivity index (χ1v) is 4.06. The van der Waals surface area contributed by atoms with Crippen LogP contribution in [0.25, 0.3) is 0 Å². The lowest BCUT2D eigenvalue weighted by atomic mass is 10.1. The highest BCUT2D eigenvalue weighted by atomic mass is 15.4. The van der Waals surface area contributed by atoms with Gasteiger partial charge >= 0.3 is 0 Å². The van der Waals surface area contributed by atoms with Gasteiger partial charge < -0.3 is 0 Å². The van der Waals surface area contributed by atoms with E-state index in [0.29, 0.717) is 12.1 Å². The van der Waals surface area contributed by atoms with E-state index in [1.54, 1.807) is 0 Å². The third-order valence-electron chi connectivity index (χ3n) is 1.91. The average molecular weight is 140 g/mol. The number of rotatable bonds is 2. The van der Waals surface area contributed by atoms with Gasteiger partial charge in [0, 0.05) is 12.1 Å². The van der Waals surface area contributed by atoms with E-state index < -0.39 is 0 Å². The van der Waals surface area contributed by atoms with Crippen molar-refractivity contribution < 1.29 is 0 Å². The van der Waals surface area contributed by atoms with Crippen LogP contribution in [0.3, 0.4) is 0 Å². The smallest absolute Gasteiger partial charge is 0.0391 e. The molecule has 1 aliphatic rings. The molecule has 2 unspecified atom stereocenters. The van der Waals surface area contributed by atoms with Crippen molar-refractivity contribution in [1.29, 1.82) is 0 Å². The second-order valence-corrected chi connectivity index (χ2v) is 2.70. The van der Waals surface area contributed by atoms with Gasteiger partial charge in [-0.3, -0.25) is 10.9 Å². The summed E-state index contributed by atoms with van der Waals surface area (Å²) in [4.78, 5) is 0. The van der Waals surface area contributed by atoms with Crippen molar-refractivity contribution in [1.82, 2.24) is 10.9 Å². The van der Waals surface area contributed by atoms with Gasteiger partial charge in [0.2, 0.25) is 0 Å². The molecule has 1 heterocycles. The zero-order valence-electron chi connectivity index (χ0n) is 6.72. The molecule has 0 saturated carbocycles. The molecule has 2 atom stereocenters. The predicted molar refractivity (Wildman–Crippen MR) is 43.6 cm³/mol. The topological polar surface area (TPSA) is 24.1 Å². The van der Waals surface area contributed by atoms with E-state index in [4.69, 9.17) is 0 Å². The molecule has 58 valence electrons. The molecule has 0 fully saturated rings. The summed E-state index contributed by atoms with van der Waals surface area (Å²) in [5.41, 5.74) is 6.47. The fourth-order valence-electron chi connectivity index (χ4n) is 1.05. The second kappa shape index (κ2) is 3.74. The Labute approximate surface area is 62.7 Å². The Balaban J connectivity index is 2.36. The molecule has 1 aliphatic heterocycles. The summed E-state index contributed by atoms with van der Waals surface area (Å²) in [5.74, 6) is 0. The molecule has 0 radical (unpaired) electrons. The van der Waals surface area contributed by atoms with Gasteiger partial charge in [0.1, 0.15) is 0 Å². The highest BCUT2D eigenvalue weighted by Gasteiger charge is 2.09. The highest BCUT2D eigenvalue weighted by molar-refractivity contribution is 5.02. The number of hydrazine groups is 1. The lowest BCUT2D eigenvalue weighted by Gasteiger charge is -2.23. The molecule has 0 aromatic rings. The minimum Gasteiger partial charge on any atom is -0.250 e. The monoisotopic (exact) mass is 140 g/mol. The zero-order valence-corrected chi connectivity index (χ0v) is 6.72. The summed E-state index contributed by atoms with van der Waals surface area (Å²) in [5, 5.41) is 0. The van der Waals surface area contributed by atoms with E-state index in [1.807, 2.05) is 0 Å². The normalized spacial score (nSPS) is 32.6. The molecule has 1 rings (SSSR count). The van der Waals surface area contributed by atoms with Gasteiger partial charge in [-0.1, -0.05) is 26.0 Å². The highest BCUT2D eigenvalue weighted by Crippen LogP contribution is 2.01. The van der Waals surface area contributed by atoms with E-state index in [9.17, 15) is 0 Å². The summed E-state index contributed by atoms with van der Waals surface area (Å²) in [6, 6.07) is 1.06. The molecule has 10 heavy (non-hydrogen) atoms. The molecule has 0 aromatic carbocycles. The van der Waals surface area contributed by atoms with Crippen LogP contribution in [0, 0.1) is 0 Å². The maximum absolute atomic E-state index is 3.23. The minimum atomic E-state index is 0.530. The van der Waals surface area contributed by atoms with Crippen LogP contribution in [0.5, 0.6) is 0 Å². The first kappa shape index (κ1) is 7.76. The Hall–Kier alpha value is -0.340. The average Bonchev–Trinajstić information content (AvgIpc) is 2.05. The predicted octanol–water partition coefficient (Wildman–Crippen LogP) is 1.21. The number of nitrogens with one attached hydrogen (secondary N) is 2. The lowest BCUT2D eigenvalue weighted by molar-refractivity contribution is 0.403. The van der Waals surface area contributed by atoms with Gasteiger partial charge in [0.25, 0.3) is 0 Å².